The van der Waals surface area contributed by atoms with E-state index in [0.29, 0.717) is 6.61 Å². The van der Waals surface area contributed by atoms with E-state index in [-0.39, 0.29) is 30.2 Å². The average Bonchev–Trinajstić information content (AvgIpc) is 2.41. The Balaban J connectivity index is 1.88. The quantitative estimate of drug-likeness (QED) is 0.581. The van der Waals surface area contributed by atoms with Gasteiger partial charge in [-0.25, -0.2) is 0 Å². The van der Waals surface area contributed by atoms with Gasteiger partial charge in [-0.05, 0) is 47.5 Å². The van der Waals surface area contributed by atoms with Crippen LogP contribution in [0.3, 0.4) is 0 Å². The molecular formula is C14H23BO4. The van der Waals surface area contributed by atoms with E-state index in [4.69, 9.17) is 14.0 Å². The lowest BCUT2D eigenvalue weighted by molar-refractivity contribution is -0.149. The van der Waals surface area contributed by atoms with Crippen LogP contribution >= 0.6 is 0 Å². The van der Waals surface area contributed by atoms with E-state index >= 15 is 0 Å². The van der Waals surface area contributed by atoms with Crippen molar-refractivity contribution in [2.24, 2.45) is 5.92 Å². The zero-order chi connectivity index (χ0) is 14.3. The lowest BCUT2D eigenvalue weighted by Gasteiger charge is -2.32. The van der Waals surface area contributed by atoms with E-state index in [0.717, 1.165) is 12.8 Å². The topological polar surface area (TPSA) is 44.8 Å². The number of hydrogen-bond acceptors (Lipinski definition) is 4. The summed E-state index contributed by atoms with van der Waals surface area (Å²) < 4.78 is 16.8. The SMILES string of the molecule is CCOC(=O)C1CC(=CB2OC(C)(C)C(C)(C)O2)C1. The summed E-state index contributed by atoms with van der Waals surface area (Å²) in [5.41, 5.74) is 0.606. The highest BCUT2D eigenvalue weighted by molar-refractivity contribution is 6.51. The third-order valence-electron chi connectivity index (χ3n) is 4.28. The third-order valence-corrected chi connectivity index (χ3v) is 4.28. The number of carbonyl (C=O) groups excluding carboxylic acids is 1. The molecule has 4 nitrogen and oxygen atoms in total. The van der Waals surface area contributed by atoms with Gasteiger partial charge in [-0.3, -0.25) is 4.79 Å². The minimum atomic E-state index is -0.307. The van der Waals surface area contributed by atoms with Crippen molar-refractivity contribution in [3.8, 4) is 0 Å². The molecule has 2 fully saturated rings. The number of ether oxygens (including phenoxy) is 1. The standard InChI is InChI=1S/C14H23BO4/c1-6-17-12(16)11-7-10(8-11)9-15-18-13(2,3)14(4,5)19-15/h9,11H,6-8H2,1-5H3. The number of hydrogen-bond donors (Lipinski definition) is 0. The van der Waals surface area contributed by atoms with Crippen LogP contribution in [-0.4, -0.2) is 30.9 Å². The number of allylic oxidation sites excluding steroid dienone is 1. The highest BCUT2D eigenvalue weighted by atomic mass is 16.7. The lowest BCUT2D eigenvalue weighted by atomic mass is 9.74. The molecule has 0 atom stereocenters. The summed E-state index contributed by atoms with van der Waals surface area (Å²) in [5.74, 6) is 1.94. The van der Waals surface area contributed by atoms with Crippen molar-refractivity contribution in [3.63, 3.8) is 0 Å². The average molecular weight is 266 g/mol. The predicted octanol–water partition coefficient (Wildman–Crippen LogP) is 2.52. The summed E-state index contributed by atoms with van der Waals surface area (Å²) in [6.07, 6.45) is 1.53. The minimum absolute atomic E-state index is 0.0219. The number of esters is 1. The van der Waals surface area contributed by atoms with Gasteiger partial charge in [0.15, 0.2) is 0 Å². The van der Waals surface area contributed by atoms with Crippen molar-refractivity contribution < 1.29 is 18.8 Å². The van der Waals surface area contributed by atoms with Crippen LogP contribution in [0.2, 0.25) is 0 Å². The first-order valence-corrected chi connectivity index (χ1v) is 6.97. The first-order valence-electron chi connectivity index (χ1n) is 6.97. The van der Waals surface area contributed by atoms with Crippen molar-refractivity contribution >= 4 is 13.1 Å². The fraction of sp³-hybridized carbons (Fsp3) is 0.786. The molecule has 1 aliphatic carbocycles. The summed E-state index contributed by atoms with van der Waals surface area (Å²) in [5, 5.41) is 0. The predicted molar refractivity (Wildman–Crippen MR) is 73.5 cm³/mol. The number of rotatable bonds is 3. The first kappa shape index (κ1) is 14.6. The highest BCUT2D eigenvalue weighted by Crippen LogP contribution is 2.39. The summed E-state index contributed by atoms with van der Waals surface area (Å²) in [4.78, 5) is 11.5. The molecule has 1 aliphatic heterocycles. The molecule has 1 saturated carbocycles. The van der Waals surface area contributed by atoms with Crippen molar-refractivity contribution in [3.05, 3.63) is 11.5 Å². The zero-order valence-electron chi connectivity index (χ0n) is 12.5. The van der Waals surface area contributed by atoms with Crippen LogP contribution in [0.5, 0.6) is 0 Å². The lowest BCUT2D eigenvalue weighted by Crippen LogP contribution is -2.41. The number of carbonyl (C=O) groups is 1. The van der Waals surface area contributed by atoms with Crippen LogP contribution in [0.1, 0.15) is 47.5 Å². The van der Waals surface area contributed by atoms with Crippen LogP contribution in [0.15, 0.2) is 11.5 Å². The fourth-order valence-corrected chi connectivity index (χ4v) is 2.29. The van der Waals surface area contributed by atoms with Crippen molar-refractivity contribution in [1.82, 2.24) is 0 Å². The fourth-order valence-electron chi connectivity index (χ4n) is 2.29. The van der Waals surface area contributed by atoms with Gasteiger partial charge in [-0.1, -0.05) is 11.5 Å². The van der Waals surface area contributed by atoms with E-state index in [1.807, 2.05) is 40.6 Å². The van der Waals surface area contributed by atoms with Gasteiger partial charge in [0.2, 0.25) is 0 Å². The molecule has 0 bridgehead atoms. The monoisotopic (exact) mass is 266 g/mol. The third kappa shape index (κ3) is 2.87. The smallest absolute Gasteiger partial charge is 0.466 e. The van der Waals surface area contributed by atoms with Gasteiger partial charge in [-0.15, -0.1) is 0 Å². The second-order valence-corrected chi connectivity index (χ2v) is 6.31. The molecule has 0 aromatic rings. The maximum absolute atomic E-state index is 11.5. The Morgan fingerprint density at radius 1 is 1.32 bits per heavy atom. The molecule has 0 unspecified atom stereocenters. The van der Waals surface area contributed by atoms with Crippen LogP contribution in [0, 0.1) is 5.92 Å². The van der Waals surface area contributed by atoms with Gasteiger partial charge >= 0.3 is 13.1 Å². The van der Waals surface area contributed by atoms with E-state index in [1.54, 1.807) is 0 Å². The molecule has 0 amide bonds. The second kappa shape index (κ2) is 4.95. The molecule has 0 aromatic heterocycles. The Morgan fingerprint density at radius 2 is 1.84 bits per heavy atom. The largest absolute Gasteiger partial charge is 0.487 e. The molecule has 1 heterocycles. The summed E-state index contributed by atoms with van der Waals surface area (Å²) in [7, 11) is -0.303. The van der Waals surface area contributed by atoms with Gasteiger partial charge in [0.25, 0.3) is 0 Å². The first-order chi connectivity index (χ1) is 8.75. The Hall–Kier alpha value is -0.805. The van der Waals surface area contributed by atoms with E-state index in [1.165, 1.54) is 5.57 Å². The molecule has 0 radical (unpaired) electrons. The molecule has 106 valence electrons. The maximum atomic E-state index is 11.5. The normalized spacial score (nSPS) is 27.9. The molecule has 1 saturated heterocycles. The van der Waals surface area contributed by atoms with Crippen molar-refractivity contribution in [2.45, 2.75) is 58.7 Å². The van der Waals surface area contributed by atoms with Gasteiger partial charge in [0.05, 0.1) is 23.7 Å². The molecule has 0 N–H and O–H groups in total. The minimum Gasteiger partial charge on any atom is -0.466 e. The van der Waals surface area contributed by atoms with Gasteiger partial charge in [0, 0.05) is 0 Å². The Labute approximate surface area is 115 Å². The molecule has 2 rings (SSSR count). The second-order valence-electron chi connectivity index (χ2n) is 6.31. The maximum Gasteiger partial charge on any atom is 0.487 e. The van der Waals surface area contributed by atoms with Crippen LogP contribution < -0.4 is 0 Å². The molecule has 19 heavy (non-hydrogen) atoms. The Bertz CT molecular complexity index is 376. The zero-order valence-corrected chi connectivity index (χ0v) is 12.5. The highest BCUT2D eigenvalue weighted by Gasteiger charge is 2.50. The Morgan fingerprint density at radius 3 is 2.32 bits per heavy atom. The Kier molecular flexibility index (Phi) is 3.80. The van der Waals surface area contributed by atoms with Gasteiger partial charge in [-0.2, -0.15) is 0 Å². The molecule has 5 heteroatoms. The van der Waals surface area contributed by atoms with Crippen molar-refractivity contribution in [2.75, 3.05) is 6.61 Å². The molecule has 0 spiro atoms. The van der Waals surface area contributed by atoms with Gasteiger partial charge < -0.3 is 14.0 Å². The summed E-state index contributed by atoms with van der Waals surface area (Å²) >= 11 is 0. The van der Waals surface area contributed by atoms with Gasteiger partial charge in [0.1, 0.15) is 0 Å². The molecule has 0 aromatic carbocycles. The molecule has 2 aliphatic rings. The van der Waals surface area contributed by atoms with E-state index < -0.39 is 0 Å². The van der Waals surface area contributed by atoms with Crippen LogP contribution in [0.25, 0.3) is 0 Å². The van der Waals surface area contributed by atoms with E-state index in [2.05, 4.69) is 0 Å². The molecular weight excluding hydrogens is 243 g/mol. The van der Waals surface area contributed by atoms with Crippen molar-refractivity contribution in [1.29, 1.82) is 0 Å². The van der Waals surface area contributed by atoms with E-state index in [9.17, 15) is 4.79 Å². The van der Waals surface area contributed by atoms with Crippen LogP contribution in [-0.2, 0) is 18.8 Å². The van der Waals surface area contributed by atoms with Crippen LogP contribution in [0.4, 0.5) is 0 Å². The summed E-state index contributed by atoms with van der Waals surface area (Å²) in [6.45, 7) is 10.4. The summed E-state index contributed by atoms with van der Waals surface area (Å²) in [6, 6.07) is 0.